The number of aliphatic hydroxyl groups is 1. The summed E-state index contributed by atoms with van der Waals surface area (Å²) in [5.41, 5.74) is 1.76. The van der Waals surface area contributed by atoms with Crippen molar-refractivity contribution >= 4 is 32.4 Å². The summed E-state index contributed by atoms with van der Waals surface area (Å²) in [6, 6.07) is 1.43. The smallest absolute Gasteiger partial charge is 0.242 e. The molecule has 3 heterocycles. The zero-order valence-corrected chi connectivity index (χ0v) is 21.2. The van der Waals surface area contributed by atoms with E-state index in [1.54, 1.807) is 19.2 Å². The van der Waals surface area contributed by atoms with Crippen molar-refractivity contribution < 1.29 is 23.1 Å². The van der Waals surface area contributed by atoms with Crippen LogP contribution in [0.1, 0.15) is 56.3 Å². The van der Waals surface area contributed by atoms with Crippen molar-refractivity contribution in [1.82, 2.24) is 14.7 Å². The minimum absolute atomic E-state index is 0.0701. The normalized spacial score (nSPS) is 22.0. The van der Waals surface area contributed by atoms with Gasteiger partial charge in [0.05, 0.1) is 22.4 Å². The van der Waals surface area contributed by atoms with E-state index in [-0.39, 0.29) is 22.9 Å². The summed E-state index contributed by atoms with van der Waals surface area (Å²) >= 11 is 1.31. The van der Waals surface area contributed by atoms with E-state index in [4.69, 9.17) is 4.74 Å². The molecule has 0 bridgehead atoms. The Balaban J connectivity index is 1.48. The molecule has 186 valence electrons. The Bertz CT molecular complexity index is 1120. The summed E-state index contributed by atoms with van der Waals surface area (Å²) in [5, 5.41) is 13.1. The van der Waals surface area contributed by atoms with Crippen LogP contribution in [0, 0.1) is 19.8 Å². The molecule has 2 aromatic rings. The molecule has 0 radical (unpaired) electrons. The lowest BCUT2D eigenvalue weighted by Crippen LogP contribution is -2.38. The molecule has 2 aliphatic rings. The Labute approximate surface area is 204 Å². The van der Waals surface area contributed by atoms with Crippen LogP contribution in [0.4, 0.5) is 5.13 Å². The van der Waals surface area contributed by atoms with Gasteiger partial charge in [-0.1, -0.05) is 11.3 Å². The van der Waals surface area contributed by atoms with Crippen LogP contribution in [0.25, 0.3) is 10.4 Å². The number of pyridine rings is 1. The van der Waals surface area contributed by atoms with Crippen LogP contribution < -0.4 is 10.0 Å². The summed E-state index contributed by atoms with van der Waals surface area (Å²) in [6.45, 7) is 4.90. The SMILES string of the molecule is Cc1ncc(-c2sc(NC(=O)CC3CCOCC3)nc2C)cc1S(=O)(=O)N[C@H]1CC[C@H](O)CC1. The van der Waals surface area contributed by atoms with Crippen molar-refractivity contribution in [1.29, 1.82) is 0 Å². The number of amides is 1. The van der Waals surface area contributed by atoms with Crippen LogP contribution in [0.2, 0.25) is 0 Å². The molecule has 1 saturated carbocycles. The van der Waals surface area contributed by atoms with Gasteiger partial charge < -0.3 is 15.2 Å². The average molecular weight is 509 g/mol. The number of thiazole rings is 1. The fourth-order valence-corrected chi connectivity index (χ4v) is 6.98. The predicted molar refractivity (Wildman–Crippen MR) is 130 cm³/mol. The highest BCUT2D eigenvalue weighted by atomic mass is 32.2. The number of sulfonamides is 1. The van der Waals surface area contributed by atoms with Gasteiger partial charge in [-0.05, 0) is 64.4 Å². The Morgan fingerprint density at radius 1 is 1.15 bits per heavy atom. The first-order valence-electron chi connectivity index (χ1n) is 11.7. The molecule has 1 aliphatic heterocycles. The molecule has 34 heavy (non-hydrogen) atoms. The first kappa shape index (κ1) is 25.2. The molecule has 2 aromatic heterocycles. The average Bonchev–Trinajstić information content (AvgIpc) is 3.15. The number of ether oxygens (including phenoxy) is 1. The first-order chi connectivity index (χ1) is 16.2. The highest BCUT2D eigenvalue weighted by Crippen LogP contribution is 2.34. The van der Waals surface area contributed by atoms with Crippen molar-refractivity contribution in [3.63, 3.8) is 0 Å². The van der Waals surface area contributed by atoms with Gasteiger partial charge in [-0.3, -0.25) is 9.78 Å². The summed E-state index contributed by atoms with van der Waals surface area (Å²) in [7, 11) is -3.77. The van der Waals surface area contributed by atoms with Crippen LogP contribution >= 0.6 is 11.3 Å². The van der Waals surface area contributed by atoms with E-state index in [0.717, 1.165) is 17.7 Å². The van der Waals surface area contributed by atoms with Crippen LogP contribution in [-0.4, -0.2) is 54.8 Å². The molecule has 0 spiro atoms. The second kappa shape index (κ2) is 10.8. The number of carbonyl (C=O) groups excluding carboxylic acids is 1. The molecule has 4 rings (SSSR count). The van der Waals surface area contributed by atoms with Gasteiger partial charge in [0.1, 0.15) is 4.90 Å². The van der Waals surface area contributed by atoms with Gasteiger partial charge in [0.15, 0.2) is 5.13 Å². The van der Waals surface area contributed by atoms with Crippen LogP contribution in [0.5, 0.6) is 0 Å². The maximum atomic E-state index is 13.1. The van der Waals surface area contributed by atoms with E-state index in [1.165, 1.54) is 11.3 Å². The molecule has 0 aromatic carbocycles. The van der Waals surface area contributed by atoms with E-state index in [1.807, 2.05) is 6.92 Å². The molecular formula is C23H32N4O5S2. The van der Waals surface area contributed by atoms with E-state index < -0.39 is 10.0 Å². The number of rotatable bonds is 7. The van der Waals surface area contributed by atoms with E-state index in [2.05, 4.69) is 20.0 Å². The quantitative estimate of drug-likeness (QED) is 0.524. The first-order valence-corrected chi connectivity index (χ1v) is 14.0. The van der Waals surface area contributed by atoms with Gasteiger partial charge in [0, 0.05) is 37.4 Å². The van der Waals surface area contributed by atoms with Crippen molar-refractivity contribution in [3.05, 3.63) is 23.7 Å². The fraction of sp³-hybridized carbons (Fsp3) is 0.609. The molecule has 1 amide bonds. The lowest BCUT2D eigenvalue weighted by Gasteiger charge is -2.26. The minimum atomic E-state index is -3.77. The number of carbonyl (C=O) groups is 1. The van der Waals surface area contributed by atoms with Crippen LogP contribution in [0.3, 0.4) is 0 Å². The van der Waals surface area contributed by atoms with Crippen molar-refractivity contribution in [2.45, 2.75) is 75.8 Å². The zero-order chi connectivity index (χ0) is 24.3. The highest BCUT2D eigenvalue weighted by molar-refractivity contribution is 7.89. The van der Waals surface area contributed by atoms with Gasteiger partial charge in [0.25, 0.3) is 0 Å². The molecule has 11 heteroatoms. The van der Waals surface area contributed by atoms with Gasteiger partial charge in [-0.2, -0.15) is 0 Å². The third-order valence-corrected chi connectivity index (χ3v) is 9.23. The summed E-state index contributed by atoms with van der Waals surface area (Å²) < 4.78 is 34.4. The maximum Gasteiger partial charge on any atom is 0.242 e. The number of anilines is 1. The maximum absolute atomic E-state index is 13.1. The molecule has 9 nitrogen and oxygen atoms in total. The monoisotopic (exact) mass is 508 g/mol. The molecule has 0 unspecified atom stereocenters. The minimum Gasteiger partial charge on any atom is -0.393 e. The Kier molecular flexibility index (Phi) is 7.98. The number of hydrogen-bond donors (Lipinski definition) is 3. The van der Waals surface area contributed by atoms with Crippen LogP contribution in [0.15, 0.2) is 17.2 Å². The fourth-order valence-electron chi connectivity index (χ4n) is 4.49. The molecular weight excluding hydrogens is 476 g/mol. The second-order valence-electron chi connectivity index (χ2n) is 9.18. The van der Waals surface area contributed by atoms with Gasteiger partial charge in [-0.15, -0.1) is 0 Å². The standard InChI is InChI=1S/C23H32N4O5S2/c1-14-20(34(30,31)27-18-3-5-19(28)6-4-18)12-17(13-24-14)22-15(2)25-23(33-22)26-21(29)11-16-7-9-32-10-8-16/h12-13,16,18-19,27-28H,3-11H2,1-2H3,(H,25,26,29)/t18-,19-. The zero-order valence-electron chi connectivity index (χ0n) is 19.5. The summed E-state index contributed by atoms with van der Waals surface area (Å²) in [5.74, 6) is 0.252. The molecule has 2 fully saturated rings. The molecule has 0 atom stereocenters. The largest absolute Gasteiger partial charge is 0.393 e. The topological polar surface area (TPSA) is 131 Å². The van der Waals surface area contributed by atoms with Crippen molar-refractivity contribution in [2.75, 3.05) is 18.5 Å². The number of hydrogen-bond acceptors (Lipinski definition) is 8. The number of aryl methyl sites for hydroxylation is 2. The number of aliphatic hydroxyl groups excluding tert-OH is 1. The second-order valence-corrected chi connectivity index (χ2v) is 11.9. The number of aromatic nitrogens is 2. The van der Waals surface area contributed by atoms with Gasteiger partial charge in [-0.25, -0.2) is 18.1 Å². The molecule has 1 aliphatic carbocycles. The number of nitrogens with one attached hydrogen (secondary N) is 2. The molecule has 1 saturated heterocycles. The van der Waals surface area contributed by atoms with Gasteiger partial charge >= 0.3 is 0 Å². The summed E-state index contributed by atoms with van der Waals surface area (Å²) in [6.07, 6.45) is 5.90. The molecule has 3 N–H and O–H groups in total. The van der Waals surface area contributed by atoms with Crippen molar-refractivity contribution in [3.8, 4) is 10.4 Å². The van der Waals surface area contributed by atoms with E-state index in [9.17, 15) is 18.3 Å². The van der Waals surface area contributed by atoms with Crippen LogP contribution in [-0.2, 0) is 19.6 Å². The van der Waals surface area contributed by atoms with E-state index in [0.29, 0.717) is 73.3 Å². The Hall–Kier alpha value is -1.92. The highest BCUT2D eigenvalue weighted by Gasteiger charge is 2.27. The predicted octanol–water partition coefficient (Wildman–Crippen LogP) is 3.16. The van der Waals surface area contributed by atoms with E-state index >= 15 is 0 Å². The third kappa shape index (κ3) is 6.19. The third-order valence-electron chi connectivity index (χ3n) is 6.47. The van der Waals surface area contributed by atoms with Crippen molar-refractivity contribution in [2.24, 2.45) is 5.92 Å². The summed E-state index contributed by atoms with van der Waals surface area (Å²) in [4.78, 5) is 22.2. The lowest BCUT2D eigenvalue weighted by molar-refractivity contribution is -0.117. The number of nitrogens with zero attached hydrogens (tertiary/aromatic N) is 2. The lowest BCUT2D eigenvalue weighted by atomic mass is 9.94. The Morgan fingerprint density at radius 2 is 1.85 bits per heavy atom. The van der Waals surface area contributed by atoms with Gasteiger partial charge in [0.2, 0.25) is 15.9 Å². The Morgan fingerprint density at radius 3 is 2.56 bits per heavy atom.